The quantitative estimate of drug-likeness (QED) is 0.785. The molecular weight excluding hydrogens is 378 g/mol. The number of sulfone groups is 1. The van der Waals surface area contributed by atoms with Crippen LogP contribution < -0.4 is 5.32 Å². The van der Waals surface area contributed by atoms with Gasteiger partial charge in [-0.1, -0.05) is 29.8 Å². The number of esters is 1. The van der Waals surface area contributed by atoms with Crippen molar-refractivity contribution in [3.05, 3.63) is 58.6 Å². The standard InChI is InChI=1S/C18H18ClNO5S/c1-11-8-9-13(26(3,23)24)10-14(11)18(22)25-12(2)17(21)20-16-7-5-4-6-15(16)19/h4-10,12H,1-3H3,(H,20,21)/t12-/m1/s1. The summed E-state index contributed by atoms with van der Waals surface area (Å²) in [5, 5.41) is 2.93. The molecule has 0 unspecified atom stereocenters. The van der Waals surface area contributed by atoms with Crippen LogP contribution in [0.5, 0.6) is 0 Å². The average Bonchev–Trinajstić information content (AvgIpc) is 2.56. The van der Waals surface area contributed by atoms with Crippen LogP contribution in [0.3, 0.4) is 0 Å². The van der Waals surface area contributed by atoms with Crippen molar-refractivity contribution in [2.24, 2.45) is 0 Å². The van der Waals surface area contributed by atoms with Crippen LogP contribution in [0, 0.1) is 6.92 Å². The number of hydrogen-bond donors (Lipinski definition) is 1. The van der Waals surface area contributed by atoms with Crippen molar-refractivity contribution in [2.75, 3.05) is 11.6 Å². The lowest BCUT2D eigenvalue weighted by atomic mass is 10.1. The molecule has 26 heavy (non-hydrogen) atoms. The minimum absolute atomic E-state index is 0.00298. The van der Waals surface area contributed by atoms with E-state index in [4.69, 9.17) is 16.3 Å². The molecule has 0 saturated carbocycles. The molecule has 0 aliphatic rings. The van der Waals surface area contributed by atoms with Crippen LogP contribution in [0.2, 0.25) is 5.02 Å². The lowest BCUT2D eigenvalue weighted by Crippen LogP contribution is -2.30. The fourth-order valence-corrected chi connectivity index (χ4v) is 2.96. The summed E-state index contributed by atoms with van der Waals surface area (Å²) >= 11 is 5.98. The molecule has 138 valence electrons. The lowest BCUT2D eigenvalue weighted by Gasteiger charge is -2.15. The fourth-order valence-electron chi connectivity index (χ4n) is 2.13. The first kappa shape index (κ1) is 19.9. The largest absolute Gasteiger partial charge is 0.449 e. The maximum Gasteiger partial charge on any atom is 0.339 e. The Morgan fingerprint density at radius 3 is 2.42 bits per heavy atom. The zero-order valence-electron chi connectivity index (χ0n) is 14.4. The third kappa shape index (κ3) is 4.83. The Hall–Kier alpha value is -2.38. The summed E-state index contributed by atoms with van der Waals surface area (Å²) in [4.78, 5) is 24.6. The van der Waals surface area contributed by atoms with Crippen molar-refractivity contribution in [3.8, 4) is 0 Å². The van der Waals surface area contributed by atoms with Crippen molar-refractivity contribution in [2.45, 2.75) is 24.8 Å². The molecule has 1 atom stereocenters. The van der Waals surface area contributed by atoms with Crippen LogP contribution in [-0.2, 0) is 19.4 Å². The van der Waals surface area contributed by atoms with E-state index in [2.05, 4.69) is 5.32 Å². The number of nitrogens with one attached hydrogen (secondary N) is 1. The smallest absolute Gasteiger partial charge is 0.339 e. The molecule has 0 aliphatic heterocycles. The van der Waals surface area contributed by atoms with Gasteiger partial charge in [0.15, 0.2) is 15.9 Å². The SMILES string of the molecule is Cc1ccc(S(C)(=O)=O)cc1C(=O)O[C@H](C)C(=O)Nc1ccccc1Cl. The molecule has 2 aromatic rings. The highest BCUT2D eigenvalue weighted by Gasteiger charge is 2.22. The van der Waals surface area contributed by atoms with E-state index < -0.39 is 27.8 Å². The lowest BCUT2D eigenvalue weighted by molar-refractivity contribution is -0.123. The number of benzene rings is 2. The molecule has 1 amide bonds. The van der Waals surface area contributed by atoms with E-state index in [0.717, 1.165) is 6.26 Å². The summed E-state index contributed by atoms with van der Waals surface area (Å²) in [6.07, 6.45) is -0.0491. The minimum Gasteiger partial charge on any atom is -0.449 e. The van der Waals surface area contributed by atoms with Gasteiger partial charge in [0.25, 0.3) is 5.91 Å². The van der Waals surface area contributed by atoms with Gasteiger partial charge in [-0.3, -0.25) is 4.79 Å². The first-order valence-corrected chi connectivity index (χ1v) is 9.93. The van der Waals surface area contributed by atoms with E-state index >= 15 is 0 Å². The topological polar surface area (TPSA) is 89.5 Å². The van der Waals surface area contributed by atoms with Gasteiger partial charge in [0.1, 0.15) is 0 Å². The van der Waals surface area contributed by atoms with Gasteiger partial charge in [0, 0.05) is 6.26 Å². The van der Waals surface area contributed by atoms with Gasteiger partial charge in [0.2, 0.25) is 0 Å². The molecular formula is C18H18ClNO5S. The van der Waals surface area contributed by atoms with Gasteiger partial charge in [-0.05, 0) is 43.7 Å². The molecule has 6 nitrogen and oxygen atoms in total. The first-order valence-electron chi connectivity index (χ1n) is 7.66. The van der Waals surface area contributed by atoms with Gasteiger partial charge < -0.3 is 10.1 Å². The Kier molecular flexibility index (Phi) is 6.05. The molecule has 0 fully saturated rings. The van der Waals surface area contributed by atoms with Gasteiger partial charge in [-0.25, -0.2) is 13.2 Å². The Morgan fingerprint density at radius 1 is 1.15 bits per heavy atom. The molecule has 0 radical (unpaired) electrons. The monoisotopic (exact) mass is 395 g/mol. The highest BCUT2D eigenvalue weighted by atomic mass is 35.5. The highest BCUT2D eigenvalue weighted by Crippen LogP contribution is 2.21. The van der Waals surface area contributed by atoms with Crippen molar-refractivity contribution >= 4 is 39.0 Å². The maximum atomic E-state index is 12.4. The number of halogens is 1. The second-order valence-corrected chi connectivity index (χ2v) is 8.19. The van der Waals surface area contributed by atoms with Crippen LogP contribution in [0.25, 0.3) is 0 Å². The Balaban J connectivity index is 2.14. The summed E-state index contributed by atoms with van der Waals surface area (Å²) < 4.78 is 28.5. The van der Waals surface area contributed by atoms with Gasteiger partial charge in [-0.15, -0.1) is 0 Å². The number of carbonyl (C=O) groups excluding carboxylic acids is 2. The second-order valence-electron chi connectivity index (χ2n) is 5.77. The molecule has 0 aromatic heterocycles. The van der Waals surface area contributed by atoms with E-state index in [1.54, 1.807) is 31.2 Å². The summed E-state index contributed by atoms with van der Waals surface area (Å²) in [5.41, 5.74) is 1.03. The Morgan fingerprint density at radius 2 is 1.81 bits per heavy atom. The summed E-state index contributed by atoms with van der Waals surface area (Å²) in [7, 11) is -3.47. The highest BCUT2D eigenvalue weighted by molar-refractivity contribution is 7.90. The molecule has 0 heterocycles. The van der Waals surface area contributed by atoms with E-state index in [1.165, 1.54) is 25.1 Å². The molecule has 2 rings (SSSR count). The average molecular weight is 396 g/mol. The number of hydrogen-bond acceptors (Lipinski definition) is 5. The van der Waals surface area contributed by atoms with Crippen LogP contribution in [0.4, 0.5) is 5.69 Å². The number of rotatable bonds is 5. The Bertz CT molecular complexity index is 956. The summed E-state index contributed by atoms with van der Waals surface area (Å²) in [6.45, 7) is 3.07. The molecule has 0 aliphatic carbocycles. The normalized spacial score (nSPS) is 12.3. The van der Waals surface area contributed by atoms with Crippen molar-refractivity contribution in [1.29, 1.82) is 0 Å². The van der Waals surface area contributed by atoms with Gasteiger partial charge in [-0.2, -0.15) is 0 Å². The second kappa shape index (κ2) is 7.88. The first-order chi connectivity index (χ1) is 12.1. The minimum atomic E-state index is -3.47. The number of para-hydroxylation sites is 1. The maximum absolute atomic E-state index is 12.4. The fraction of sp³-hybridized carbons (Fsp3) is 0.222. The predicted molar refractivity (Wildman–Crippen MR) is 99.2 cm³/mol. The number of amides is 1. The number of aryl methyl sites for hydroxylation is 1. The summed E-state index contributed by atoms with van der Waals surface area (Å²) in [5.74, 6) is -1.34. The number of ether oxygens (including phenoxy) is 1. The third-order valence-electron chi connectivity index (χ3n) is 3.64. The number of anilines is 1. The third-order valence-corrected chi connectivity index (χ3v) is 5.08. The van der Waals surface area contributed by atoms with Crippen LogP contribution in [-0.4, -0.2) is 32.7 Å². The van der Waals surface area contributed by atoms with Crippen molar-refractivity contribution in [3.63, 3.8) is 0 Å². The molecule has 0 spiro atoms. The molecule has 2 aromatic carbocycles. The predicted octanol–water partition coefficient (Wildman–Crippen LogP) is 3.24. The molecule has 0 saturated heterocycles. The van der Waals surface area contributed by atoms with E-state index in [9.17, 15) is 18.0 Å². The van der Waals surface area contributed by atoms with E-state index in [0.29, 0.717) is 16.3 Å². The molecule has 8 heteroatoms. The van der Waals surface area contributed by atoms with Crippen molar-refractivity contribution < 1.29 is 22.7 Å². The van der Waals surface area contributed by atoms with Gasteiger partial charge in [0.05, 0.1) is 21.2 Å². The molecule has 0 bridgehead atoms. The van der Waals surface area contributed by atoms with Gasteiger partial charge >= 0.3 is 5.97 Å². The van der Waals surface area contributed by atoms with E-state index in [1.807, 2.05) is 0 Å². The zero-order chi connectivity index (χ0) is 19.5. The summed E-state index contributed by atoms with van der Waals surface area (Å²) in [6, 6.07) is 10.8. The van der Waals surface area contributed by atoms with Crippen LogP contribution >= 0.6 is 11.6 Å². The van der Waals surface area contributed by atoms with Crippen LogP contribution in [0.1, 0.15) is 22.8 Å². The zero-order valence-corrected chi connectivity index (χ0v) is 16.0. The molecule has 1 N–H and O–H groups in total. The van der Waals surface area contributed by atoms with Crippen molar-refractivity contribution in [1.82, 2.24) is 0 Å². The van der Waals surface area contributed by atoms with E-state index in [-0.39, 0.29) is 10.5 Å². The Labute approximate surface area is 157 Å². The van der Waals surface area contributed by atoms with Crippen LogP contribution in [0.15, 0.2) is 47.4 Å². The number of carbonyl (C=O) groups is 2.